The number of hydrogen-bond donors (Lipinski definition) is 2. The van der Waals surface area contributed by atoms with Crippen LogP contribution in [0.3, 0.4) is 0 Å². The van der Waals surface area contributed by atoms with Crippen LogP contribution in [-0.4, -0.2) is 22.5 Å². The number of aromatic nitrogens is 2. The summed E-state index contributed by atoms with van der Waals surface area (Å²) in [7, 11) is 0. The zero-order chi connectivity index (χ0) is 16.6. The van der Waals surface area contributed by atoms with Crippen LogP contribution in [0.15, 0.2) is 30.3 Å². The van der Waals surface area contributed by atoms with Gasteiger partial charge < -0.3 is 15.5 Å². The third kappa shape index (κ3) is 3.14. The van der Waals surface area contributed by atoms with E-state index in [9.17, 15) is 4.79 Å². The number of hydrogen-bond acceptors (Lipinski definition) is 3. The van der Waals surface area contributed by atoms with Gasteiger partial charge in [0.2, 0.25) is 0 Å². The molecule has 2 aromatic carbocycles. The van der Waals surface area contributed by atoms with Crippen LogP contribution in [0.4, 0.5) is 0 Å². The van der Waals surface area contributed by atoms with E-state index in [1.807, 2.05) is 6.07 Å². The van der Waals surface area contributed by atoms with Gasteiger partial charge in [-0.1, -0.05) is 11.6 Å². The van der Waals surface area contributed by atoms with Gasteiger partial charge in [0.25, 0.3) is 5.91 Å². The molecule has 0 aliphatic carbocycles. The molecule has 1 heterocycles. The van der Waals surface area contributed by atoms with E-state index in [2.05, 4.69) is 35.9 Å². The molecule has 1 amide bonds. The highest BCUT2D eigenvalue weighted by atomic mass is 35.5. The van der Waals surface area contributed by atoms with Gasteiger partial charge in [-0.2, -0.15) is 0 Å². The number of aryl methyl sites for hydroxylation is 2. The molecule has 0 radical (unpaired) electrons. The van der Waals surface area contributed by atoms with Crippen LogP contribution in [0.2, 0.25) is 5.02 Å². The average Bonchev–Trinajstić information content (AvgIpc) is 2.89. The molecule has 23 heavy (non-hydrogen) atoms. The minimum Gasteiger partial charge on any atom is -0.482 e. The number of amides is 1. The number of nitrogens with one attached hydrogen (secondary N) is 1. The Morgan fingerprint density at radius 3 is 2.70 bits per heavy atom. The molecule has 6 heteroatoms. The SMILES string of the molecule is Cc1cc2nc(-c3ccc(OCC(N)=O)c(Cl)c3)[nH]c2cc1C. The second-order valence-electron chi connectivity index (χ2n) is 5.44. The number of H-pyrrole nitrogens is 1. The number of nitrogens with two attached hydrogens (primary N) is 1. The first kappa shape index (κ1) is 15.4. The Balaban J connectivity index is 1.95. The predicted octanol–water partition coefficient (Wildman–Crippen LogP) is 3.36. The van der Waals surface area contributed by atoms with Gasteiger partial charge in [-0.05, 0) is 55.3 Å². The van der Waals surface area contributed by atoms with E-state index in [1.54, 1.807) is 12.1 Å². The van der Waals surface area contributed by atoms with Crippen LogP contribution in [0.25, 0.3) is 22.4 Å². The maximum Gasteiger partial charge on any atom is 0.255 e. The largest absolute Gasteiger partial charge is 0.482 e. The number of nitrogens with zero attached hydrogens (tertiary/aromatic N) is 1. The lowest BCUT2D eigenvalue weighted by Crippen LogP contribution is -2.20. The Labute approximate surface area is 138 Å². The minimum atomic E-state index is -0.548. The van der Waals surface area contributed by atoms with Crippen LogP contribution in [0, 0.1) is 13.8 Å². The Morgan fingerprint density at radius 1 is 1.26 bits per heavy atom. The lowest BCUT2D eigenvalue weighted by Gasteiger charge is -2.07. The first-order valence-corrected chi connectivity index (χ1v) is 7.50. The van der Waals surface area contributed by atoms with Crippen molar-refractivity contribution < 1.29 is 9.53 Å². The van der Waals surface area contributed by atoms with Crippen LogP contribution < -0.4 is 10.5 Å². The highest BCUT2D eigenvalue weighted by Gasteiger charge is 2.10. The minimum absolute atomic E-state index is 0.206. The first-order valence-electron chi connectivity index (χ1n) is 7.12. The normalized spacial score (nSPS) is 10.9. The van der Waals surface area contributed by atoms with E-state index in [1.165, 1.54) is 11.1 Å². The van der Waals surface area contributed by atoms with Crippen LogP contribution in [0.1, 0.15) is 11.1 Å². The fraction of sp³-hybridized carbons (Fsp3) is 0.176. The van der Waals surface area contributed by atoms with Crippen LogP contribution >= 0.6 is 11.6 Å². The molecular formula is C17H16ClN3O2. The summed E-state index contributed by atoms with van der Waals surface area (Å²) >= 11 is 6.19. The summed E-state index contributed by atoms with van der Waals surface area (Å²) < 4.78 is 5.24. The fourth-order valence-corrected chi connectivity index (χ4v) is 2.56. The van der Waals surface area contributed by atoms with E-state index in [0.717, 1.165) is 22.4 Å². The zero-order valence-corrected chi connectivity index (χ0v) is 13.6. The third-order valence-corrected chi connectivity index (χ3v) is 3.97. The molecule has 3 rings (SSSR count). The van der Waals surface area contributed by atoms with Gasteiger partial charge in [0.05, 0.1) is 16.1 Å². The van der Waals surface area contributed by atoms with Gasteiger partial charge in [-0.25, -0.2) is 4.98 Å². The van der Waals surface area contributed by atoms with E-state index in [4.69, 9.17) is 22.1 Å². The first-order chi connectivity index (χ1) is 10.9. The molecule has 0 aliphatic rings. The third-order valence-electron chi connectivity index (χ3n) is 3.67. The molecule has 1 aromatic heterocycles. The van der Waals surface area contributed by atoms with E-state index >= 15 is 0 Å². The lowest BCUT2D eigenvalue weighted by molar-refractivity contribution is -0.119. The maximum atomic E-state index is 10.8. The number of rotatable bonds is 4. The summed E-state index contributed by atoms with van der Waals surface area (Å²) in [6.07, 6.45) is 0. The van der Waals surface area contributed by atoms with Crippen molar-refractivity contribution in [3.63, 3.8) is 0 Å². The van der Waals surface area contributed by atoms with Crippen molar-refractivity contribution in [3.8, 4) is 17.1 Å². The maximum absolute atomic E-state index is 10.8. The lowest BCUT2D eigenvalue weighted by atomic mass is 10.1. The van der Waals surface area contributed by atoms with Gasteiger partial charge in [-0.3, -0.25) is 4.79 Å². The summed E-state index contributed by atoms with van der Waals surface area (Å²) in [4.78, 5) is 18.7. The smallest absolute Gasteiger partial charge is 0.255 e. The molecule has 3 N–H and O–H groups in total. The van der Waals surface area contributed by atoms with Crippen LogP contribution in [0.5, 0.6) is 5.75 Å². The topological polar surface area (TPSA) is 81.0 Å². The fourth-order valence-electron chi connectivity index (χ4n) is 2.32. The second kappa shape index (κ2) is 5.93. The molecule has 0 spiro atoms. The standard InChI is InChI=1S/C17H16ClN3O2/c1-9-5-13-14(6-10(9)2)21-17(20-13)11-3-4-15(12(18)7-11)23-8-16(19)22/h3-7H,8H2,1-2H3,(H2,19,22)(H,20,21). The van der Waals surface area contributed by atoms with Gasteiger partial charge in [0.1, 0.15) is 11.6 Å². The summed E-state index contributed by atoms with van der Waals surface area (Å²) in [6.45, 7) is 3.92. The molecule has 0 saturated carbocycles. The zero-order valence-electron chi connectivity index (χ0n) is 12.8. The van der Waals surface area contributed by atoms with Crippen molar-refractivity contribution in [1.82, 2.24) is 9.97 Å². The Hall–Kier alpha value is -2.53. The summed E-state index contributed by atoms with van der Waals surface area (Å²) in [6, 6.07) is 9.41. The molecule has 0 atom stereocenters. The molecule has 118 valence electrons. The van der Waals surface area contributed by atoms with Gasteiger partial charge in [0.15, 0.2) is 6.61 Å². The molecule has 5 nitrogen and oxygen atoms in total. The quantitative estimate of drug-likeness (QED) is 0.770. The molecular weight excluding hydrogens is 314 g/mol. The van der Waals surface area contributed by atoms with Crippen LogP contribution in [-0.2, 0) is 4.79 Å². The number of aromatic amines is 1. The highest BCUT2D eigenvalue weighted by molar-refractivity contribution is 6.32. The van der Waals surface area contributed by atoms with E-state index < -0.39 is 5.91 Å². The van der Waals surface area contributed by atoms with Crippen molar-refractivity contribution in [2.24, 2.45) is 5.73 Å². The van der Waals surface area contributed by atoms with Crippen molar-refractivity contribution >= 4 is 28.5 Å². The van der Waals surface area contributed by atoms with Gasteiger partial charge in [0, 0.05) is 5.56 Å². The molecule has 0 aliphatic heterocycles. The van der Waals surface area contributed by atoms with Crippen molar-refractivity contribution in [2.75, 3.05) is 6.61 Å². The van der Waals surface area contributed by atoms with Gasteiger partial charge >= 0.3 is 0 Å². The monoisotopic (exact) mass is 329 g/mol. The average molecular weight is 330 g/mol. The Bertz CT molecular complexity index is 863. The molecule has 3 aromatic rings. The number of fused-ring (bicyclic) bond motifs is 1. The van der Waals surface area contributed by atoms with Crippen molar-refractivity contribution in [2.45, 2.75) is 13.8 Å². The Morgan fingerprint density at radius 2 is 2.00 bits per heavy atom. The van der Waals surface area contributed by atoms with Crippen molar-refractivity contribution in [3.05, 3.63) is 46.5 Å². The summed E-state index contributed by atoms with van der Waals surface area (Å²) in [5.74, 6) is 0.596. The second-order valence-corrected chi connectivity index (χ2v) is 5.85. The summed E-state index contributed by atoms with van der Waals surface area (Å²) in [5.41, 5.74) is 10.2. The number of benzene rings is 2. The molecule has 0 unspecified atom stereocenters. The number of primary amides is 1. The summed E-state index contributed by atoms with van der Waals surface area (Å²) in [5, 5.41) is 0.400. The number of imidazole rings is 1. The number of ether oxygens (including phenoxy) is 1. The van der Waals surface area contributed by atoms with E-state index in [-0.39, 0.29) is 6.61 Å². The molecule has 0 bridgehead atoms. The number of carbonyl (C=O) groups is 1. The van der Waals surface area contributed by atoms with Gasteiger partial charge in [-0.15, -0.1) is 0 Å². The highest BCUT2D eigenvalue weighted by Crippen LogP contribution is 2.30. The number of carbonyl (C=O) groups excluding carboxylic acids is 1. The van der Waals surface area contributed by atoms with E-state index in [0.29, 0.717) is 10.8 Å². The van der Waals surface area contributed by atoms with Crippen molar-refractivity contribution in [1.29, 1.82) is 0 Å². The molecule has 0 fully saturated rings. The Kier molecular flexibility index (Phi) is 3.96. The molecule has 0 saturated heterocycles. The number of halogens is 1. The predicted molar refractivity (Wildman–Crippen MR) is 90.7 cm³/mol.